The van der Waals surface area contributed by atoms with Crippen molar-refractivity contribution in [2.24, 2.45) is 10.4 Å². The van der Waals surface area contributed by atoms with Crippen LogP contribution >= 0.6 is 24.0 Å². The van der Waals surface area contributed by atoms with Crippen molar-refractivity contribution >= 4 is 29.9 Å². The van der Waals surface area contributed by atoms with Gasteiger partial charge < -0.3 is 20.3 Å². The smallest absolute Gasteiger partial charge is 0.193 e. The Labute approximate surface area is 152 Å². The minimum Gasteiger partial charge on any atom is -0.381 e. The van der Waals surface area contributed by atoms with Crippen LogP contribution in [0.5, 0.6) is 0 Å². The van der Waals surface area contributed by atoms with Crippen molar-refractivity contribution in [3.05, 3.63) is 0 Å². The van der Waals surface area contributed by atoms with E-state index in [-0.39, 0.29) is 29.5 Å². The van der Waals surface area contributed by atoms with Gasteiger partial charge >= 0.3 is 0 Å². The lowest BCUT2D eigenvalue weighted by Crippen LogP contribution is -2.42. The van der Waals surface area contributed by atoms with Crippen LogP contribution < -0.4 is 10.6 Å². The molecule has 2 aliphatic heterocycles. The molecule has 2 rings (SSSR count). The van der Waals surface area contributed by atoms with E-state index < -0.39 is 0 Å². The highest BCUT2D eigenvalue weighted by atomic mass is 127. The van der Waals surface area contributed by atoms with Crippen LogP contribution in [0.4, 0.5) is 0 Å². The third-order valence-electron chi connectivity index (χ3n) is 4.29. The Balaban J connectivity index is 0.00000242. The normalized spacial score (nSPS) is 25.6. The first-order valence-electron chi connectivity index (χ1n) is 8.30. The third-order valence-corrected chi connectivity index (χ3v) is 4.29. The first kappa shape index (κ1) is 20.0. The summed E-state index contributed by atoms with van der Waals surface area (Å²) in [5, 5.41) is 6.92. The Morgan fingerprint density at radius 1 is 1.32 bits per heavy atom. The molecule has 2 heterocycles. The highest BCUT2D eigenvalue weighted by Crippen LogP contribution is 2.38. The molecular weight excluding hydrogens is 391 g/mol. The summed E-state index contributed by atoms with van der Waals surface area (Å²) in [5.41, 5.74) is 0.548. The highest BCUT2D eigenvalue weighted by molar-refractivity contribution is 14.0. The zero-order valence-electron chi connectivity index (χ0n) is 14.6. The number of aliphatic imine (C=N–C) groups is 1. The van der Waals surface area contributed by atoms with E-state index in [2.05, 4.69) is 43.2 Å². The summed E-state index contributed by atoms with van der Waals surface area (Å²) in [4.78, 5) is 7.19. The maximum absolute atomic E-state index is 5.61. The lowest BCUT2D eigenvalue weighted by Gasteiger charge is -2.25. The van der Waals surface area contributed by atoms with Gasteiger partial charge in [-0.3, -0.25) is 4.99 Å². The van der Waals surface area contributed by atoms with Gasteiger partial charge in [0.05, 0.1) is 13.2 Å². The zero-order chi connectivity index (χ0) is 15.3. The third kappa shape index (κ3) is 5.85. The second-order valence-electron chi connectivity index (χ2n) is 7.39. The molecule has 2 aliphatic rings. The van der Waals surface area contributed by atoms with Crippen LogP contribution in [0.2, 0.25) is 0 Å². The van der Waals surface area contributed by atoms with Crippen LogP contribution in [0.15, 0.2) is 4.99 Å². The first-order chi connectivity index (χ1) is 9.94. The summed E-state index contributed by atoms with van der Waals surface area (Å²) in [6, 6.07) is 0. The van der Waals surface area contributed by atoms with Gasteiger partial charge in [-0.1, -0.05) is 0 Å². The van der Waals surface area contributed by atoms with Gasteiger partial charge in [-0.25, -0.2) is 0 Å². The topological polar surface area (TPSA) is 48.9 Å². The summed E-state index contributed by atoms with van der Waals surface area (Å²) >= 11 is 0. The summed E-state index contributed by atoms with van der Waals surface area (Å²) in [6.07, 6.45) is 2.44. The minimum atomic E-state index is 0. The lowest BCUT2D eigenvalue weighted by molar-refractivity contribution is 0.156. The molecule has 130 valence electrons. The minimum absolute atomic E-state index is 0. The van der Waals surface area contributed by atoms with E-state index >= 15 is 0 Å². The van der Waals surface area contributed by atoms with Crippen LogP contribution in [0.25, 0.3) is 0 Å². The van der Waals surface area contributed by atoms with Crippen molar-refractivity contribution in [3.8, 4) is 0 Å². The van der Waals surface area contributed by atoms with Crippen LogP contribution in [0.1, 0.15) is 40.5 Å². The van der Waals surface area contributed by atoms with Gasteiger partial charge in [0.1, 0.15) is 0 Å². The number of guanidine groups is 1. The number of nitrogens with one attached hydrogen (secondary N) is 2. The molecule has 2 N–H and O–H groups in total. The predicted octanol–water partition coefficient (Wildman–Crippen LogP) is 2.07. The molecule has 6 heteroatoms. The van der Waals surface area contributed by atoms with Crippen LogP contribution in [-0.4, -0.2) is 62.3 Å². The second kappa shape index (κ2) is 8.68. The van der Waals surface area contributed by atoms with E-state index in [0.717, 1.165) is 51.9 Å². The molecule has 1 atom stereocenters. The quantitative estimate of drug-likeness (QED) is 0.314. The Morgan fingerprint density at radius 3 is 2.68 bits per heavy atom. The van der Waals surface area contributed by atoms with Gasteiger partial charge in [0.15, 0.2) is 5.96 Å². The number of rotatable bonds is 4. The van der Waals surface area contributed by atoms with E-state index in [1.54, 1.807) is 0 Å². The molecule has 0 bridgehead atoms. The molecule has 22 heavy (non-hydrogen) atoms. The predicted molar refractivity (Wildman–Crippen MR) is 103 cm³/mol. The van der Waals surface area contributed by atoms with Crippen molar-refractivity contribution in [2.75, 3.05) is 45.9 Å². The van der Waals surface area contributed by atoms with Gasteiger partial charge in [-0.15, -0.1) is 24.0 Å². The van der Waals surface area contributed by atoms with E-state index in [0.29, 0.717) is 5.41 Å². The molecule has 1 unspecified atom stereocenters. The first-order valence-corrected chi connectivity index (χ1v) is 8.30. The van der Waals surface area contributed by atoms with Crippen molar-refractivity contribution in [3.63, 3.8) is 0 Å². The maximum Gasteiger partial charge on any atom is 0.193 e. The molecule has 0 radical (unpaired) electrons. The molecule has 0 aromatic carbocycles. The van der Waals surface area contributed by atoms with Gasteiger partial charge in [0.2, 0.25) is 0 Å². The fourth-order valence-electron chi connectivity index (χ4n) is 3.11. The molecule has 0 aliphatic carbocycles. The molecule has 0 aromatic rings. The Kier molecular flexibility index (Phi) is 7.88. The van der Waals surface area contributed by atoms with E-state index in [9.17, 15) is 0 Å². The average molecular weight is 424 g/mol. The number of nitrogens with zero attached hydrogens (tertiary/aromatic N) is 2. The number of likely N-dealkylation sites (tertiary alicyclic amines) is 1. The molecule has 0 aromatic heterocycles. The second-order valence-corrected chi connectivity index (χ2v) is 7.39. The van der Waals surface area contributed by atoms with Crippen molar-refractivity contribution in [1.82, 2.24) is 15.5 Å². The van der Waals surface area contributed by atoms with Gasteiger partial charge in [-0.05, 0) is 40.5 Å². The van der Waals surface area contributed by atoms with E-state index in [1.165, 1.54) is 12.8 Å². The summed E-state index contributed by atoms with van der Waals surface area (Å²) in [6.45, 7) is 15.4. The monoisotopic (exact) mass is 424 g/mol. The van der Waals surface area contributed by atoms with Gasteiger partial charge in [0, 0.05) is 43.7 Å². The number of hydrogen-bond acceptors (Lipinski definition) is 3. The Morgan fingerprint density at radius 2 is 2.09 bits per heavy atom. The van der Waals surface area contributed by atoms with Gasteiger partial charge in [0.25, 0.3) is 0 Å². The molecule has 1 spiro atoms. The fourth-order valence-corrected chi connectivity index (χ4v) is 3.11. The molecular formula is C16H33IN4O. The summed E-state index contributed by atoms with van der Waals surface area (Å²) < 4.78 is 5.61. The Bertz CT molecular complexity index is 362. The maximum atomic E-state index is 5.61. The Hall–Kier alpha value is -0.0800. The van der Waals surface area contributed by atoms with Crippen LogP contribution in [0, 0.1) is 5.41 Å². The van der Waals surface area contributed by atoms with Crippen molar-refractivity contribution in [2.45, 2.75) is 46.1 Å². The van der Waals surface area contributed by atoms with E-state index in [1.807, 2.05) is 0 Å². The average Bonchev–Trinajstić information content (AvgIpc) is 3.03. The molecule has 0 amide bonds. The summed E-state index contributed by atoms with van der Waals surface area (Å²) in [5.74, 6) is 1.07. The van der Waals surface area contributed by atoms with Crippen LogP contribution in [0.3, 0.4) is 0 Å². The molecule has 0 saturated carbocycles. The molecule has 5 nitrogen and oxygen atoms in total. The van der Waals surface area contributed by atoms with E-state index in [4.69, 9.17) is 9.73 Å². The largest absolute Gasteiger partial charge is 0.381 e. The lowest BCUT2D eigenvalue weighted by atomic mass is 9.87. The van der Waals surface area contributed by atoms with Crippen LogP contribution in [-0.2, 0) is 4.74 Å². The standard InChI is InChI=1S/C16H32N4O.HI/c1-5-17-14(18-8-9-19-15(2,3)4)20-10-6-16(12-20)7-11-21-13-16;/h19H,5-13H2,1-4H3,(H,17,18);1H. The molecule has 2 saturated heterocycles. The van der Waals surface area contributed by atoms with Crippen molar-refractivity contribution in [1.29, 1.82) is 0 Å². The molecule has 2 fully saturated rings. The number of ether oxygens (including phenoxy) is 1. The fraction of sp³-hybridized carbons (Fsp3) is 0.938. The SMILES string of the molecule is CCNC(=NCCNC(C)(C)C)N1CCC2(CCOC2)C1.I. The summed E-state index contributed by atoms with van der Waals surface area (Å²) in [7, 11) is 0. The van der Waals surface area contributed by atoms with Crippen molar-refractivity contribution < 1.29 is 4.74 Å². The number of hydrogen-bond donors (Lipinski definition) is 2. The highest BCUT2D eigenvalue weighted by Gasteiger charge is 2.42. The number of halogens is 1. The van der Waals surface area contributed by atoms with Gasteiger partial charge in [-0.2, -0.15) is 0 Å². The zero-order valence-corrected chi connectivity index (χ0v) is 16.9.